The number of rotatable bonds is 8. The van der Waals surface area contributed by atoms with E-state index < -0.39 is 36.2 Å². The number of H-pyrrole nitrogens is 1. The maximum Gasteiger partial charge on any atom is 0.490 e. The number of hydrogen-bond donors (Lipinski definition) is 5. The van der Waals surface area contributed by atoms with Gasteiger partial charge in [-0.1, -0.05) is 37.3 Å². The van der Waals surface area contributed by atoms with Crippen molar-refractivity contribution in [3.63, 3.8) is 0 Å². The predicted molar refractivity (Wildman–Crippen MR) is 175 cm³/mol. The van der Waals surface area contributed by atoms with Gasteiger partial charge in [-0.3, -0.25) is 4.79 Å². The summed E-state index contributed by atoms with van der Waals surface area (Å²) in [6, 6.07) is 17.7. The standard InChI is InChI=1S/C30H28FN5O2.2C2HF3O2/c1-4-18-13-24(27(31)26(14-18)38-3)28(35-20-9-10-22-19(15-20)11-12-33-29(22)32)30-34-16-25(36-30)23-8-6-5-7-21(23)17(2)37;2*3-2(4,5)1(6)7/h5-16,28,35H,4H2,1-3H3,(H2,32,33)(H,34,36);2*(H,6,7). The van der Waals surface area contributed by atoms with Gasteiger partial charge >= 0.3 is 24.3 Å². The number of benzene rings is 3. The molecule has 3 aromatic carbocycles. The number of aromatic nitrogens is 3. The highest BCUT2D eigenvalue weighted by Crippen LogP contribution is 2.35. The second-order valence-electron chi connectivity index (χ2n) is 10.7. The first-order chi connectivity index (χ1) is 24.3. The van der Waals surface area contributed by atoms with Crippen LogP contribution in [-0.2, 0) is 16.0 Å². The average molecular weight is 738 g/mol. The second kappa shape index (κ2) is 16.7. The van der Waals surface area contributed by atoms with Crippen LogP contribution < -0.4 is 15.8 Å². The van der Waals surface area contributed by atoms with Gasteiger partial charge in [0, 0.05) is 34.0 Å². The Morgan fingerprint density at radius 3 is 2.12 bits per heavy atom. The number of carboxylic acids is 2. The van der Waals surface area contributed by atoms with Crippen molar-refractivity contribution in [2.45, 2.75) is 38.7 Å². The van der Waals surface area contributed by atoms with Crippen LogP contribution >= 0.6 is 0 Å². The molecule has 0 fully saturated rings. The number of aryl methyl sites for hydroxylation is 1. The summed E-state index contributed by atoms with van der Waals surface area (Å²) < 4.78 is 84.6. The minimum atomic E-state index is -5.08. The van der Waals surface area contributed by atoms with Crippen molar-refractivity contribution in [3.8, 4) is 17.0 Å². The molecular formula is C34H30F7N5O6. The zero-order chi connectivity index (χ0) is 39.0. The van der Waals surface area contributed by atoms with Gasteiger partial charge in [0.25, 0.3) is 0 Å². The Labute approximate surface area is 290 Å². The zero-order valence-electron chi connectivity index (χ0n) is 27.4. The van der Waals surface area contributed by atoms with Crippen LogP contribution in [0.1, 0.15) is 47.2 Å². The molecule has 1 atom stereocenters. The van der Waals surface area contributed by atoms with Crippen molar-refractivity contribution >= 4 is 40.0 Å². The first-order valence-electron chi connectivity index (χ1n) is 14.8. The van der Waals surface area contributed by atoms with Gasteiger partial charge in [0.05, 0.1) is 19.0 Å². The van der Waals surface area contributed by atoms with Gasteiger partial charge < -0.3 is 31.0 Å². The third-order valence-corrected chi connectivity index (χ3v) is 7.12. The summed E-state index contributed by atoms with van der Waals surface area (Å²) in [6.45, 7) is 3.53. The number of hydrogen-bond acceptors (Lipinski definition) is 8. The number of nitrogens with two attached hydrogens (primary N) is 1. The number of carboxylic acid groups (broad SMARTS) is 2. The van der Waals surface area contributed by atoms with Crippen LogP contribution in [0.4, 0.5) is 42.2 Å². The minimum absolute atomic E-state index is 0.0530. The number of imidazole rings is 1. The molecule has 0 aliphatic rings. The molecule has 5 aromatic rings. The molecule has 6 N–H and O–H groups in total. The lowest BCUT2D eigenvalue weighted by atomic mass is 9.99. The molecule has 276 valence electrons. The first-order valence-corrected chi connectivity index (χ1v) is 14.8. The number of halogens is 7. The number of nitrogens with one attached hydrogen (secondary N) is 2. The van der Waals surface area contributed by atoms with Crippen LogP contribution in [0.2, 0.25) is 0 Å². The fraction of sp³-hybridized carbons (Fsp3) is 0.206. The van der Waals surface area contributed by atoms with Gasteiger partial charge in [-0.05, 0) is 54.6 Å². The third-order valence-electron chi connectivity index (χ3n) is 7.12. The normalized spacial score (nSPS) is 11.7. The lowest BCUT2D eigenvalue weighted by molar-refractivity contribution is -0.193. The Kier molecular flexibility index (Phi) is 12.9. The van der Waals surface area contributed by atoms with Gasteiger partial charge in [0.15, 0.2) is 17.3 Å². The molecule has 11 nitrogen and oxygen atoms in total. The summed E-state index contributed by atoms with van der Waals surface area (Å²) in [6.07, 6.45) is -6.15. The number of ketones is 1. The molecule has 0 amide bonds. The van der Waals surface area contributed by atoms with E-state index >= 15 is 4.39 Å². The molecular weight excluding hydrogens is 707 g/mol. The van der Waals surface area contributed by atoms with Gasteiger partial charge in [0.1, 0.15) is 17.7 Å². The van der Waals surface area contributed by atoms with Gasteiger partial charge in [-0.15, -0.1) is 0 Å². The molecule has 0 bridgehead atoms. The summed E-state index contributed by atoms with van der Waals surface area (Å²) in [5.41, 5.74) is 10.1. The molecule has 2 heterocycles. The molecule has 0 saturated carbocycles. The van der Waals surface area contributed by atoms with E-state index in [9.17, 15) is 31.1 Å². The summed E-state index contributed by atoms with van der Waals surface area (Å²) in [7, 11) is 1.45. The Morgan fingerprint density at radius 1 is 0.942 bits per heavy atom. The van der Waals surface area contributed by atoms with E-state index in [1.807, 2.05) is 55.5 Å². The van der Waals surface area contributed by atoms with Crippen LogP contribution in [0.25, 0.3) is 22.0 Å². The van der Waals surface area contributed by atoms with Crippen molar-refractivity contribution in [2.24, 2.45) is 0 Å². The lowest BCUT2D eigenvalue weighted by Gasteiger charge is -2.21. The van der Waals surface area contributed by atoms with E-state index in [4.69, 9.17) is 30.3 Å². The van der Waals surface area contributed by atoms with E-state index in [1.54, 1.807) is 24.5 Å². The topological polar surface area (TPSA) is 181 Å². The van der Waals surface area contributed by atoms with Crippen molar-refractivity contribution in [1.82, 2.24) is 15.0 Å². The summed E-state index contributed by atoms with van der Waals surface area (Å²) in [4.78, 5) is 42.1. The molecule has 1 unspecified atom stereocenters. The molecule has 0 aliphatic heterocycles. The maximum absolute atomic E-state index is 15.8. The Morgan fingerprint density at radius 2 is 1.56 bits per heavy atom. The monoisotopic (exact) mass is 737 g/mol. The first kappa shape index (κ1) is 40.2. The largest absolute Gasteiger partial charge is 0.494 e. The SMILES string of the molecule is CCc1cc(OC)c(F)c(C(Nc2ccc3c(N)nccc3c2)c2ncc(-c3ccccc3C(C)=O)[nH]2)c1.O=C(O)C(F)(F)F.O=C(O)C(F)(F)F. The maximum atomic E-state index is 15.8. The number of fused-ring (bicyclic) bond motifs is 1. The Bertz CT molecular complexity index is 2040. The highest BCUT2D eigenvalue weighted by atomic mass is 19.4. The number of ether oxygens (including phenoxy) is 1. The molecule has 0 aliphatic carbocycles. The summed E-state index contributed by atoms with van der Waals surface area (Å²) in [5.74, 6) is -4.95. The third kappa shape index (κ3) is 10.2. The number of pyridine rings is 1. The fourth-order valence-corrected chi connectivity index (χ4v) is 4.64. The van der Waals surface area contributed by atoms with E-state index in [0.29, 0.717) is 34.9 Å². The minimum Gasteiger partial charge on any atom is -0.494 e. The quantitative estimate of drug-likeness (QED) is 0.0787. The predicted octanol–water partition coefficient (Wildman–Crippen LogP) is 7.59. The molecule has 5 rings (SSSR count). The number of aromatic amines is 1. The number of nitrogen functional groups attached to an aromatic ring is 1. The molecule has 0 spiro atoms. The summed E-state index contributed by atoms with van der Waals surface area (Å²) in [5, 5.41) is 19.4. The second-order valence-corrected chi connectivity index (χ2v) is 10.7. The molecule has 52 heavy (non-hydrogen) atoms. The average Bonchev–Trinajstić information content (AvgIpc) is 3.57. The van der Waals surface area contributed by atoms with Crippen molar-refractivity contribution in [2.75, 3.05) is 18.2 Å². The van der Waals surface area contributed by atoms with Crippen LogP contribution in [0.5, 0.6) is 5.75 Å². The highest BCUT2D eigenvalue weighted by Gasteiger charge is 2.39. The van der Waals surface area contributed by atoms with Crippen LogP contribution in [-0.4, -0.2) is 62.3 Å². The zero-order valence-corrected chi connectivity index (χ0v) is 27.4. The number of methoxy groups -OCH3 is 1. The van der Waals surface area contributed by atoms with Gasteiger partial charge in [0.2, 0.25) is 0 Å². The molecule has 18 heteroatoms. The molecule has 2 aromatic heterocycles. The number of carbonyl (C=O) groups is 3. The highest BCUT2D eigenvalue weighted by molar-refractivity contribution is 6.00. The number of alkyl halides is 6. The van der Waals surface area contributed by atoms with E-state index in [-0.39, 0.29) is 11.5 Å². The number of nitrogens with zero attached hydrogens (tertiary/aromatic N) is 2. The van der Waals surface area contributed by atoms with E-state index in [0.717, 1.165) is 27.6 Å². The number of aliphatic carboxylic acids is 2. The fourth-order valence-electron chi connectivity index (χ4n) is 4.64. The van der Waals surface area contributed by atoms with Crippen molar-refractivity contribution in [3.05, 3.63) is 101 Å². The molecule has 0 saturated heterocycles. The van der Waals surface area contributed by atoms with Crippen LogP contribution in [0.15, 0.2) is 73.1 Å². The van der Waals surface area contributed by atoms with Crippen molar-refractivity contribution in [1.29, 1.82) is 0 Å². The van der Waals surface area contributed by atoms with Crippen molar-refractivity contribution < 1.29 is 60.1 Å². The smallest absolute Gasteiger partial charge is 0.490 e. The van der Waals surface area contributed by atoms with E-state index in [2.05, 4.69) is 20.3 Å². The van der Waals surface area contributed by atoms with Gasteiger partial charge in [-0.25, -0.2) is 23.9 Å². The summed E-state index contributed by atoms with van der Waals surface area (Å²) >= 11 is 0. The van der Waals surface area contributed by atoms with Crippen LogP contribution in [0, 0.1) is 5.82 Å². The van der Waals surface area contributed by atoms with Crippen LogP contribution in [0.3, 0.4) is 0 Å². The Balaban J connectivity index is 0.000000441. The number of anilines is 2. The van der Waals surface area contributed by atoms with Gasteiger partial charge in [-0.2, -0.15) is 26.3 Å². The lowest BCUT2D eigenvalue weighted by Crippen LogP contribution is -2.21. The molecule has 0 radical (unpaired) electrons. The Hall–Kier alpha value is -6.20. The number of Topliss-reactive ketones (excluding diaryl/α,β-unsaturated/α-hetero) is 1. The number of carbonyl (C=O) groups excluding carboxylic acids is 1. The van der Waals surface area contributed by atoms with E-state index in [1.165, 1.54) is 14.0 Å².